The highest BCUT2D eigenvalue weighted by Gasteiger charge is 2.29. The van der Waals surface area contributed by atoms with Crippen molar-refractivity contribution in [2.75, 3.05) is 60.2 Å². The summed E-state index contributed by atoms with van der Waals surface area (Å²) in [7, 11) is 3.26. The van der Waals surface area contributed by atoms with Gasteiger partial charge in [-0.15, -0.1) is 0 Å². The summed E-state index contributed by atoms with van der Waals surface area (Å²) in [6, 6.07) is 3.41. The second-order valence-electron chi connectivity index (χ2n) is 7.50. The molecule has 0 unspecified atom stereocenters. The molecule has 0 aromatic heterocycles. The predicted molar refractivity (Wildman–Crippen MR) is 108 cm³/mol. The molecule has 0 radical (unpaired) electrons. The highest BCUT2D eigenvalue weighted by Crippen LogP contribution is 2.41. The molecule has 1 amide bonds. The van der Waals surface area contributed by atoms with Crippen LogP contribution in [0.25, 0.3) is 0 Å². The molecule has 3 rings (SSSR count). The summed E-state index contributed by atoms with van der Waals surface area (Å²) >= 11 is 0. The number of hydrogen-bond acceptors (Lipinski definition) is 7. The molecule has 29 heavy (non-hydrogen) atoms. The van der Waals surface area contributed by atoms with Crippen LogP contribution in [0.4, 0.5) is 0 Å². The first-order valence-electron chi connectivity index (χ1n) is 10.3. The summed E-state index contributed by atoms with van der Waals surface area (Å²) in [5.41, 5.74) is 0.425. The number of rotatable bonds is 8. The molecular formula is C21H32N2O6. The largest absolute Gasteiger partial charge is 0.493 e. The Balaban J connectivity index is 1.57. The maximum absolute atomic E-state index is 12.8. The first-order chi connectivity index (χ1) is 14.1. The van der Waals surface area contributed by atoms with E-state index in [-0.39, 0.29) is 11.8 Å². The molecule has 2 N–H and O–H groups in total. The molecule has 2 aliphatic rings. The van der Waals surface area contributed by atoms with Gasteiger partial charge in [-0.05, 0) is 31.5 Å². The molecule has 1 fully saturated rings. The Kier molecular flexibility index (Phi) is 7.97. The number of carbonyl (C=O) groups is 1. The van der Waals surface area contributed by atoms with Gasteiger partial charge in [-0.2, -0.15) is 0 Å². The molecule has 8 heteroatoms. The number of carbonyl (C=O) groups excluding carboxylic acids is 1. The second kappa shape index (κ2) is 10.7. The van der Waals surface area contributed by atoms with E-state index in [1.807, 2.05) is 0 Å². The molecule has 1 saturated heterocycles. The SMILES string of the molecule is COCCCN1CC[C@@H](CNC(=O)c2ccc(OC)c3c2OCCCO3)[C@H](O)C1. The monoisotopic (exact) mass is 408 g/mol. The predicted octanol–water partition coefficient (Wildman–Crippen LogP) is 1.31. The maximum atomic E-state index is 12.8. The average Bonchev–Trinajstić information content (AvgIpc) is 2.98. The Bertz CT molecular complexity index is 683. The van der Waals surface area contributed by atoms with Crippen LogP contribution in [-0.4, -0.2) is 82.2 Å². The normalized spacial score (nSPS) is 22.0. The standard InChI is InChI=1S/C21H32N2O6/c1-26-10-3-8-23-9-7-15(17(24)14-23)13-22-21(25)16-5-6-18(27-2)20-19(16)28-11-4-12-29-20/h5-6,15,17,24H,3-4,7-14H2,1-2H3,(H,22,25)/t15-,17+/m0/s1. The van der Waals surface area contributed by atoms with Crippen LogP contribution < -0.4 is 19.5 Å². The molecule has 0 saturated carbocycles. The third-order valence-electron chi connectivity index (χ3n) is 5.48. The molecule has 1 aromatic rings. The highest BCUT2D eigenvalue weighted by molar-refractivity contribution is 5.98. The zero-order valence-corrected chi connectivity index (χ0v) is 17.3. The van der Waals surface area contributed by atoms with Crippen molar-refractivity contribution in [3.8, 4) is 17.2 Å². The van der Waals surface area contributed by atoms with Crippen LogP contribution in [0.1, 0.15) is 29.6 Å². The third-order valence-corrected chi connectivity index (χ3v) is 5.48. The van der Waals surface area contributed by atoms with E-state index in [1.54, 1.807) is 26.4 Å². The Labute approximate surface area is 172 Å². The van der Waals surface area contributed by atoms with E-state index in [4.69, 9.17) is 18.9 Å². The average molecular weight is 408 g/mol. The molecule has 2 aliphatic heterocycles. The number of ether oxygens (including phenoxy) is 4. The molecule has 2 atom stereocenters. The van der Waals surface area contributed by atoms with Crippen LogP contribution >= 0.6 is 0 Å². The number of nitrogens with one attached hydrogen (secondary N) is 1. The zero-order chi connectivity index (χ0) is 20.6. The van der Waals surface area contributed by atoms with Gasteiger partial charge >= 0.3 is 0 Å². The van der Waals surface area contributed by atoms with E-state index in [2.05, 4.69) is 10.2 Å². The summed E-state index contributed by atoms with van der Waals surface area (Å²) in [5.74, 6) is 1.25. The Morgan fingerprint density at radius 3 is 2.79 bits per heavy atom. The van der Waals surface area contributed by atoms with Crippen LogP contribution in [0.2, 0.25) is 0 Å². The summed E-state index contributed by atoms with van der Waals surface area (Å²) in [4.78, 5) is 15.1. The second-order valence-corrected chi connectivity index (χ2v) is 7.50. The van der Waals surface area contributed by atoms with Crippen LogP contribution in [0.15, 0.2) is 12.1 Å². The maximum Gasteiger partial charge on any atom is 0.255 e. The van der Waals surface area contributed by atoms with Crippen LogP contribution in [0, 0.1) is 5.92 Å². The number of likely N-dealkylation sites (tertiary alicyclic amines) is 1. The number of benzene rings is 1. The van der Waals surface area contributed by atoms with Crippen molar-refractivity contribution in [3.63, 3.8) is 0 Å². The van der Waals surface area contributed by atoms with E-state index >= 15 is 0 Å². The lowest BCUT2D eigenvalue weighted by Gasteiger charge is -2.36. The minimum Gasteiger partial charge on any atom is -0.493 e. The van der Waals surface area contributed by atoms with Gasteiger partial charge in [0.1, 0.15) is 0 Å². The smallest absolute Gasteiger partial charge is 0.255 e. The van der Waals surface area contributed by atoms with Crippen LogP contribution in [0.3, 0.4) is 0 Å². The van der Waals surface area contributed by atoms with Gasteiger partial charge in [0.25, 0.3) is 5.91 Å². The van der Waals surface area contributed by atoms with Gasteiger partial charge < -0.3 is 34.3 Å². The van der Waals surface area contributed by atoms with E-state index < -0.39 is 6.10 Å². The Morgan fingerprint density at radius 1 is 1.28 bits per heavy atom. The van der Waals surface area contributed by atoms with Crippen molar-refractivity contribution in [2.45, 2.75) is 25.4 Å². The number of aliphatic hydroxyl groups excluding tert-OH is 1. The van der Waals surface area contributed by atoms with Gasteiger partial charge in [0.15, 0.2) is 11.5 Å². The lowest BCUT2D eigenvalue weighted by Crippen LogP contribution is -2.48. The summed E-state index contributed by atoms with van der Waals surface area (Å²) in [6.45, 7) is 4.61. The number of aliphatic hydroxyl groups is 1. The van der Waals surface area contributed by atoms with Gasteiger partial charge in [0, 0.05) is 45.7 Å². The van der Waals surface area contributed by atoms with Crippen LogP contribution in [0.5, 0.6) is 17.2 Å². The first-order valence-corrected chi connectivity index (χ1v) is 10.3. The van der Waals surface area contributed by atoms with E-state index in [0.29, 0.717) is 49.1 Å². The van der Waals surface area contributed by atoms with Crippen molar-refractivity contribution >= 4 is 5.91 Å². The van der Waals surface area contributed by atoms with Gasteiger partial charge in [-0.1, -0.05) is 0 Å². The fraction of sp³-hybridized carbons (Fsp3) is 0.667. The summed E-state index contributed by atoms with van der Waals surface area (Å²) in [6.07, 6.45) is 2.08. The Morgan fingerprint density at radius 2 is 2.07 bits per heavy atom. The summed E-state index contributed by atoms with van der Waals surface area (Å²) in [5, 5.41) is 13.5. The molecule has 8 nitrogen and oxygen atoms in total. The lowest BCUT2D eigenvalue weighted by atomic mass is 9.93. The Hall–Kier alpha value is -2.03. The fourth-order valence-electron chi connectivity index (χ4n) is 3.81. The molecular weight excluding hydrogens is 376 g/mol. The third kappa shape index (κ3) is 5.52. The zero-order valence-electron chi connectivity index (χ0n) is 17.3. The van der Waals surface area contributed by atoms with Crippen molar-refractivity contribution in [1.82, 2.24) is 10.2 Å². The molecule has 162 valence electrons. The topological polar surface area (TPSA) is 89.5 Å². The minimum absolute atomic E-state index is 0.0339. The van der Waals surface area contributed by atoms with Gasteiger partial charge in [0.05, 0.1) is 32.0 Å². The summed E-state index contributed by atoms with van der Waals surface area (Å²) < 4.78 is 21.9. The van der Waals surface area contributed by atoms with Crippen LogP contribution in [-0.2, 0) is 4.74 Å². The van der Waals surface area contributed by atoms with Crippen molar-refractivity contribution in [1.29, 1.82) is 0 Å². The molecule has 0 bridgehead atoms. The number of methoxy groups -OCH3 is 2. The van der Waals surface area contributed by atoms with Gasteiger partial charge in [-0.3, -0.25) is 4.79 Å². The number of amides is 1. The van der Waals surface area contributed by atoms with E-state index in [0.717, 1.165) is 39.0 Å². The van der Waals surface area contributed by atoms with E-state index in [9.17, 15) is 9.90 Å². The van der Waals surface area contributed by atoms with Crippen molar-refractivity contribution in [2.24, 2.45) is 5.92 Å². The molecule has 0 spiro atoms. The first kappa shape index (κ1) is 21.7. The van der Waals surface area contributed by atoms with Crippen molar-refractivity contribution in [3.05, 3.63) is 17.7 Å². The lowest BCUT2D eigenvalue weighted by molar-refractivity contribution is 0.0192. The fourth-order valence-corrected chi connectivity index (χ4v) is 3.81. The molecule has 1 aromatic carbocycles. The number of fused-ring (bicyclic) bond motifs is 1. The van der Waals surface area contributed by atoms with E-state index in [1.165, 1.54) is 0 Å². The molecule has 2 heterocycles. The van der Waals surface area contributed by atoms with Crippen molar-refractivity contribution < 1.29 is 28.8 Å². The van der Waals surface area contributed by atoms with Gasteiger partial charge in [-0.25, -0.2) is 0 Å². The number of hydrogen-bond donors (Lipinski definition) is 2. The minimum atomic E-state index is -0.459. The quantitative estimate of drug-likeness (QED) is 0.627. The molecule has 0 aliphatic carbocycles. The number of piperidine rings is 1. The highest BCUT2D eigenvalue weighted by atomic mass is 16.5. The number of nitrogens with zero attached hydrogens (tertiary/aromatic N) is 1. The number of β-amino-alcohol motifs (C(OH)–C–C–N with tert-alkyl or cyclic N) is 1. The van der Waals surface area contributed by atoms with Gasteiger partial charge in [0.2, 0.25) is 5.75 Å².